The molecule has 1 aromatic heterocycles. The fraction of sp³-hybridized carbons (Fsp3) is 0.765. The Morgan fingerprint density at radius 1 is 1.35 bits per heavy atom. The molecule has 9 heteroatoms. The highest BCUT2D eigenvalue weighted by atomic mass is 16.5. The maximum absolute atomic E-state index is 13.0. The lowest BCUT2D eigenvalue weighted by atomic mass is 9.73. The SMILES string of the molecule is CC1CCCCC12NC(=O)N(Cc1nc(C3CNCCN3C)no1)C2=O. The quantitative estimate of drug-likeness (QED) is 0.761. The van der Waals surface area contributed by atoms with E-state index in [2.05, 4.69) is 25.7 Å². The number of carbonyl (C=O) groups excluding carboxylic acids is 2. The van der Waals surface area contributed by atoms with E-state index in [1.165, 1.54) is 4.90 Å². The van der Waals surface area contributed by atoms with Crippen molar-refractivity contribution >= 4 is 11.9 Å². The molecule has 9 nitrogen and oxygen atoms in total. The third kappa shape index (κ3) is 2.79. The number of nitrogens with one attached hydrogen (secondary N) is 2. The highest BCUT2D eigenvalue weighted by Crippen LogP contribution is 2.38. The number of likely N-dealkylation sites (N-methyl/N-ethyl adjacent to an activating group) is 1. The Hall–Kier alpha value is -2.00. The van der Waals surface area contributed by atoms with Gasteiger partial charge < -0.3 is 15.2 Å². The van der Waals surface area contributed by atoms with Gasteiger partial charge >= 0.3 is 6.03 Å². The van der Waals surface area contributed by atoms with Crippen molar-refractivity contribution in [2.45, 2.75) is 50.7 Å². The van der Waals surface area contributed by atoms with Gasteiger partial charge in [0.15, 0.2) is 5.82 Å². The molecule has 0 aromatic carbocycles. The molecule has 2 saturated heterocycles. The standard InChI is InChI=1S/C17H26N6O3/c1-11-5-3-4-6-17(11)15(24)23(16(25)20-17)10-13-19-14(21-26-13)12-9-18-7-8-22(12)2/h11-12,18H,3-10H2,1-2H3,(H,20,25). The first-order valence-electron chi connectivity index (χ1n) is 9.39. The molecule has 1 aliphatic carbocycles. The van der Waals surface area contributed by atoms with Crippen molar-refractivity contribution in [1.82, 2.24) is 30.6 Å². The number of hydrogen-bond acceptors (Lipinski definition) is 7. The molecule has 1 aromatic rings. The molecule has 3 atom stereocenters. The summed E-state index contributed by atoms with van der Waals surface area (Å²) in [5.41, 5.74) is -0.758. The van der Waals surface area contributed by atoms with Crippen LogP contribution in [0.3, 0.4) is 0 Å². The number of amides is 3. The molecule has 3 fully saturated rings. The minimum absolute atomic E-state index is 0.0238. The van der Waals surface area contributed by atoms with Gasteiger partial charge in [0.2, 0.25) is 5.89 Å². The monoisotopic (exact) mass is 362 g/mol. The Labute approximate surface area is 152 Å². The van der Waals surface area contributed by atoms with Crippen molar-refractivity contribution in [3.63, 3.8) is 0 Å². The summed E-state index contributed by atoms with van der Waals surface area (Å²) < 4.78 is 5.34. The summed E-state index contributed by atoms with van der Waals surface area (Å²) in [5, 5.41) is 10.3. The molecule has 1 saturated carbocycles. The van der Waals surface area contributed by atoms with E-state index in [0.717, 1.165) is 38.9 Å². The van der Waals surface area contributed by atoms with Crippen LogP contribution in [0, 0.1) is 5.92 Å². The summed E-state index contributed by atoms with van der Waals surface area (Å²) in [6.07, 6.45) is 3.70. The van der Waals surface area contributed by atoms with Crippen LogP contribution in [0.25, 0.3) is 0 Å². The first-order valence-corrected chi connectivity index (χ1v) is 9.39. The minimum Gasteiger partial charge on any atom is -0.337 e. The normalized spacial score (nSPS) is 33.1. The van der Waals surface area contributed by atoms with Gasteiger partial charge in [0, 0.05) is 19.6 Å². The van der Waals surface area contributed by atoms with E-state index >= 15 is 0 Å². The number of rotatable bonds is 3. The number of aromatic nitrogens is 2. The number of carbonyl (C=O) groups is 2. The summed E-state index contributed by atoms with van der Waals surface area (Å²) >= 11 is 0. The number of nitrogens with zero attached hydrogens (tertiary/aromatic N) is 4. The number of urea groups is 1. The third-order valence-electron chi connectivity index (χ3n) is 6.09. The fourth-order valence-electron chi connectivity index (χ4n) is 4.34. The lowest BCUT2D eigenvalue weighted by Gasteiger charge is -2.36. The molecule has 1 spiro atoms. The lowest BCUT2D eigenvalue weighted by Crippen LogP contribution is -2.53. The average Bonchev–Trinajstić information content (AvgIpc) is 3.18. The van der Waals surface area contributed by atoms with Crippen LogP contribution < -0.4 is 10.6 Å². The van der Waals surface area contributed by atoms with Crippen molar-refractivity contribution in [2.75, 3.05) is 26.7 Å². The molecule has 26 heavy (non-hydrogen) atoms. The summed E-state index contributed by atoms with van der Waals surface area (Å²) in [6.45, 7) is 4.65. The molecule has 3 unspecified atom stereocenters. The number of piperazine rings is 1. The smallest absolute Gasteiger partial charge is 0.325 e. The second-order valence-electron chi connectivity index (χ2n) is 7.69. The molecule has 0 radical (unpaired) electrons. The second-order valence-corrected chi connectivity index (χ2v) is 7.69. The van der Waals surface area contributed by atoms with Crippen LogP contribution in [0.1, 0.15) is 50.4 Å². The van der Waals surface area contributed by atoms with Gasteiger partial charge in [0.25, 0.3) is 5.91 Å². The predicted molar refractivity (Wildman–Crippen MR) is 92.0 cm³/mol. The maximum atomic E-state index is 13.0. The molecule has 4 rings (SSSR count). The van der Waals surface area contributed by atoms with Crippen LogP contribution in [0.2, 0.25) is 0 Å². The largest absolute Gasteiger partial charge is 0.337 e. The third-order valence-corrected chi connectivity index (χ3v) is 6.09. The van der Waals surface area contributed by atoms with Crippen molar-refractivity contribution in [1.29, 1.82) is 0 Å². The summed E-state index contributed by atoms with van der Waals surface area (Å²) in [4.78, 5) is 33.3. The van der Waals surface area contributed by atoms with Gasteiger partial charge in [-0.15, -0.1) is 0 Å². The summed E-state index contributed by atoms with van der Waals surface area (Å²) in [6, 6.07) is -0.325. The first kappa shape index (κ1) is 17.4. The highest BCUT2D eigenvalue weighted by molar-refractivity contribution is 6.07. The van der Waals surface area contributed by atoms with Gasteiger partial charge in [0.1, 0.15) is 12.1 Å². The van der Waals surface area contributed by atoms with Gasteiger partial charge in [-0.25, -0.2) is 4.79 Å². The van der Waals surface area contributed by atoms with Crippen molar-refractivity contribution in [3.05, 3.63) is 11.7 Å². The Morgan fingerprint density at radius 3 is 2.96 bits per heavy atom. The van der Waals surface area contributed by atoms with Crippen molar-refractivity contribution in [3.8, 4) is 0 Å². The zero-order valence-electron chi connectivity index (χ0n) is 15.3. The second kappa shape index (κ2) is 6.62. The molecular weight excluding hydrogens is 336 g/mol. The Balaban J connectivity index is 1.49. The Morgan fingerprint density at radius 2 is 2.19 bits per heavy atom. The average molecular weight is 362 g/mol. The van der Waals surface area contributed by atoms with Gasteiger partial charge in [-0.1, -0.05) is 24.9 Å². The lowest BCUT2D eigenvalue weighted by molar-refractivity contribution is -0.134. The zero-order valence-corrected chi connectivity index (χ0v) is 15.3. The van der Waals surface area contributed by atoms with E-state index in [0.29, 0.717) is 18.1 Å². The number of imide groups is 1. The van der Waals surface area contributed by atoms with Crippen LogP contribution >= 0.6 is 0 Å². The van der Waals surface area contributed by atoms with Crippen LogP contribution in [0.15, 0.2) is 4.52 Å². The fourth-order valence-corrected chi connectivity index (χ4v) is 4.34. The van der Waals surface area contributed by atoms with Gasteiger partial charge in [-0.05, 0) is 25.8 Å². The van der Waals surface area contributed by atoms with E-state index in [9.17, 15) is 9.59 Å². The van der Waals surface area contributed by atoms with Crippen LogP contribution in [-0.4, -0.2) is 64.1 Å². The van der Waals surface area contributed by atoms with Crippen LogP contribution in [0.5, 0.6) is 0 Å². The van der Waals surface area contributed by atoms with Crippen LogP contribution in [0.4, 0.5) is 4.79 Å². The zero-order chi connectivity index (χ0) is 18.3. The van der Waals surface area contributed by atoms with Crippen molar-refractivity contribution in [2.24, 2.45) is 5.92 Å². The molecule has 3 amide bonds. The van der Waals surface area contributed by atoms with Gasteiger partial charge in [-0.3, -0.25) is 14.6 Å². The van der Waals surface area contributed by atoms with E-state index in [1.807, 2.05) is 14.0 Å². The minimum atomic E-state index is -0.758. The highest BCUT2D eigenvalue weighted by Gasteiger charge is 2.55. The van der Waals surface area contributed by atoms with E-state index < -0.39 is 5.54 Å². The predicted octanol–water partition coefficient (Wildman–Crippen LogP) is 0.646. The van der Waals surface area contributed by atoms with E-state index in [4.69, 9.17) is 4.52 Å². The van der Waals surface area contributed by atoms with Crippen LogP contribution in [-0.2, 0) is 11.3 Å². The van der Waals surface area contributed by atoms with E-state index in [1.54, 1.807) is 0 Å². The summed E-state index contributed by atoms with van der Waals surface area (Å²) in [7, 11) is 2.02. The maximum Gasteiger partial charge on any atom is 0.325 e. The topological polar surface area (TPSA) is 104 Å². The van der Waals surface area contributed by atoms with E-state index in [-0.39, 0.29) is 30.4 Å². The van der Waals surface area contributed by atoms with Crippen molar-refractivity contribution < 1.29 is 14.1 Å². The van der Waals surface area contributed by atoms with Gasteiger partial charge in [0.05, 0.1) is 6.04 Å². The van der Waals surface area contributed by atoms with Gasteiger partial charge in [-0.2, -0.15) is 4.98 Å². The molecule has 0 bridgehead atoms. The Bertz CT molecular complexity index is 706. The number of hydrogen-bond donors (Lipinski definition) is 2. The molecular formula is C17H26N6O3. The molecule has 3 heterocycles. The first-order chi connectivity index (χ1) is 12.5. The molecule has 142 valence electrons. The molecule has 2 N–H and O–H groups in total. The summed E-state index contributed by atoms with van der Waals surface area (Å²) in [5.74, 6) is 0.856. The Kier molecular flexibility index (Phi) is 4.44. The molecule has 2 aliphatic heterocycles. The molecule has 3 aliphatic rings.